The maximum Gasteiger partial charge on any atom is 0.255 e. The second kappa shape index (κ2) is 8.28. The highest BCUT2D eigenvalue weighted by atomic mass is 16.5. The quantitative estimate of drug-likeness (QED) is 0.747. The molecule has 0 aliphatic carbocycles. The largest absolute Gasteiger partial charge is 0.481 e. The van der Waals surface area contributed by atoms with Crippen molar-refractivity contribution in [2.24, 2.45) is 5.41 Å². The summed E-state index contributed by atoms with van der Waals surface area (Å²) in [6.07, 6.45) is 4.32. The topological polar surface area (TPSA) is 75.2 Å². The van der Waals surface area contributed by atoms with Crippen molar-refractivity contribution in [3.05, 3.63) is 23.9 Å². The van der Waals surface area contributed by atoms with Crippen molar-refractivity contribution in [3.63, 3.8) is 0 Å². The number of likely N-dealkylation sites (N-methyl/N-ethyl adjacent to an activating group) is 1. The number of carbonyl (C=O) groups excluding carboxylic acids is 2. The fourth-order valence-electron chi connectivity index (χ4n) is 4.90. The van der Waals surface area contributed by atoms with E-state index in [0.29, 0.717) is 37.7 Å². The zero-order valence-electron chi connectivity index (χ0n) is 17.3. The van der Waals surface area contributed by atoms with Crippen LogP contribution in [0.3, 0.4) is 0 Å². The third kappa shape index (κ3) is 4.09. The molecule has 1 aromatic rings. The standard InChI is InChI=1S/C21H30N4O4/c1-23-15-21(13-17(23)20(27)25-9-11-29-12-10-25)5-7-24(8-6-21)19(26)16-3-4-18(28-2)22-14-16/h3-4,14,17H,5-13,15H2,1-2H3. The summed E-state index contributed by atoms with van der Waals surface area (Å²) in [5, 5.41) is 0. The van der Waals surface area contributed by atoms with Crippen molar-refractivity contribution in [2.75, 3.05) is 60.1 Å². The molecule has 3 saturated heterocycles. The summed E-state index contributed by atoms with van der Waals surface area (Å²) in [6.45, 7) is 4.99. The van der Waals surface area contributed by atoms with E-state index in [-0.39, 0.29) is 23.3 Å². The van der Waals surface area contributed by atoms with Crippen molar-refractivity contribution >= 4 is 11.8 Å². The SMILES string of the molecule is COc1ccc(C(=O)N2CCC3(CC2)CC(C(=O)N2CCOCC2)N(C)C3)cn1. The number of ether oxygens (including phenoxy) is 2. The van der Waals surface area contributed by atoms with E-state index < -0.39 is 0 Å². The van der Waals surface area contributed by atoms with Crippen LogP contribution in [0.15, 0.2) is 18.3 Å². The molecular weight excluding hydrogens is 372 g/mol. The summed E-state index contributed by atoms with van der Waals surface area (Å²) in [6, 6.07) is 3.42. The van der Waals surface area contributed by atoms with Crippen molar-refractivity contribution in [3.8, 4) is 5.88 Å². The number of likely N-dealkylation sites (tertiary alicyclic amines) is 2. The molecular formula is C21H30N4O4. The van der Waals surface area contributed by atoms with Gasteiger partial charge in [0.1, 0.15) is 0 Å². The van der Waals surface area contributed by atoms with Gasteiger partial charge in [-0.1, -0.05) is 0 Å². The number of nitrogens with zero attached hydrogens (tertiary/aromatic N) is 4. The molecule has 0 N–H and O–H groups in total. The Kier molecular flexibility index (Phi) is 5.74. The molecule has 3 aliphatic heterocycles. The smallest absolute Gasteiger partial charge is 0.255 e. The molecule has 0 aromatic carbocycles. The van der Waals surface area contributed by atoms with E-state index in [1.807, 2.05) is 9.80 Å². The van der Waals surface area contributed by atoms with Gasteiger partial charge < -0.3 is 19.3 Å². The van der Waals surface area contributed by atoms with Crippen molar-refractivity contribution < 1.29 is 19.1 Å². The van der Waals surface area contributed by atoms with Crippen LogP contribution in [0.5, 0.6) is 5.88 Å². The van der Waals surface area contributed by atoms with E-state index in [1.165, 1.54) is 0 Å². The van der Waals surface area contributed by atoms with Crippen LogP contribution < -0.4 is 4.74 Å². The molecule has 1 spiro atoms. The van der Waals surface area contributed by atoms with Gasteiger partial charge in [0.2, 0.25) is 11.8 Å². The Morgan fingerprint density at radius 3 is 2.48 bits per heavy atom. The predicted molar refractivity (Wildman–Crippen MR) is 107 cm³/mol. The first-order valence-corrected chi connectivity index (χ1v) is 10.4. The number of piperidine rings is 1. The molecule has 0 saturated carbocycles. The van der Waals surface area contributed by atoms with E-state index in [9.17, 15) is 9.59 Å². The number of rotatable bonds is 3. The van der Waals surface area contributed by atoms with Crippen LogP contribution in [-0.4, -0.2) is 97.6 Å². The molecule has 3 fully saturated rings. The third-order valence-corrected chi connectivity index (χ3v) is 6.65. The van der Waals surface area contributed by atoms with Crippen molar-refractivity contribution in [2.45, 2.75) is 25.3 Å². The van der Waals surface area contributed by atoms with Gasteiger partial charge >= 0.3 is 0 Å². The Balaban J connectivity index is 1.35. The zero-order valence-corrected chi connectivity index (χ0v) is 17.3. The number of morpholine rings is 1. The minimum atomic E-state index is -0.0545. The minimum absolute atomic E-state index is 0.0160. The van der Waals surface area contributed by atoms with E-state index >= 15 is 0 Å². The van der Waals surface area contributed by atoms with Gasteiger partial charge in [0.05, 0.1) is 31.9 Å². The van der Waals surface area contributed by atoms with E-state index in [0.717, 1.165) is 38.9 Å². The lowest BCUT2D eigenvalue weighted by molar-refractivity contribution is -0.139. The number of hydrogen-bond donors (Lipinski definition) is 0. The lowest BCUT2D eigenvalue weighted by atomic mass is 9.76. The van der Waals surface area contributed by atoms with Gasteiger partial charge in [0.25, 0.3) is 5.91 Å². The maximum absolute atomic E-state index is 13.0. The van der Waals surface area contributed by atoms with Gasteiger partial charge in [-0.2, -0.15) is 0 Å². The maximum atomic E-state index is 13.0. The van der Waals surface area contributed by atoms with Gasteiger partial charge in [0, 0.05) is 45.0 Å². The lowest BCUT2D eigenvalue weighted by Gasteiger charge is -2.39. The summed E-state index contributed by atoms with van der Waals surface area (Å²) in [4.78, 5) is 36.0. The van der Waals surface area contributed by atoms with Crippen molar-refractivity contribution in [1.82, 2.24) is 19.7 Å². The molecule has 0 radical (unpaired) electrons. The van der Waals surface area contributed by atoms with Gasteiger partial charge in [-0.25, -0.2) is 4.98 Å². The molecule has 1 aromatic heterocycles. The second-order valence-electron chi connectivity index (χ2n) is 8.45. The molecule has 158 valence electrons. The lowest BCUT2D eigenvalue weighted by Crippen LogP contribution is -2.48. The fraction of sp³-hybridized carbons (Fsp3) is 0.667. The molecule has 3 aliphatic rings. The third-order valence-electron chi connectivity index (χ3n) is 6.65. The molecule has 1 unspecified atom stereocenters. The average Bonchev–Trinajstić information content (AvgIpc) is 3.09. The number of amides is 2. The van der Waals surface area contributed by atoms with Gasteiger partial charge in [-0.05, 0) is 37.8 Å². The normalized spacial score (nSPS) is 24.7. The molecule has 4 rings (SSSR count). The molecule has 8 nitrogen and oxygen atoms in total. The highest BCUT2D eigenvalue weighted by Gasteiger charge is 2.48. The molecule has 1 atom stereocenters. The van der Waals surface area contributed by atoms with Crippen LogP contribution in [-0.2, 0) is 9.53 Å². The predicted octanol–water partition coefficient (Wildman–Crippen LogP) is 0.876. The van der Waals surface area contributed by atoms with E-state index in [1.54, 1.807) is 25.4 Å². The second-order valence-corrected chi connectivity index (χ2v) is 8.45. The first-order valence-electron chi connectivity index (χ1n) is 10.4. The first-order chi connectivity index (χ1) is 14.0. The summed E-state index contributed by atoms with van der Waals surface area (Å²) in [5.41, 5.74) is 0.710. The first kappa shape index (κ1) is 20.1. The fourth-order valence-corrected chi connectivity index (χ4v) is 4.90. The molecule has 4 heterocycles. The molecule has 0 bridgehead atoms. The monoisotopic (exact) mass is 402 g/mol. The van der Waals surface area contributed by atoms with Crippen LogP contribution in [0.1, 0.15) is 29.6 Å². The van der Waals surface area contributed by atoms with Crippen molar-refractivity contribution in [1.29, 1.82) is 0 Å². The Morgan fingerprint density at radius 1 is 1.14 bits per heavy atom. The summed E-state index contributed by atoms with van der Waals surface area (Å²) in [7, 11) is 3.61. The number of pyridine rings is 1. The van der Waals surface area contributed by atoms with E-state index in [2.05, 4.69) is 16.9 Å². The summed E-state index contributed by atoms with van der Waals surface area (Å²) in [5.74, 6) is 0.752. The van der Waals surface area contributed by atoms with Crippen LogP contribution in [0.4, 0.5) is 0 Å². The Hall–Kier alpha value is -2.19. The summed E-state index contributed by atoms with van der Waals surface area (Å²) >= 11 is 0. The van der Waals surface area contributed by atoms with Crippen LogP contribution in [0.25, 0.3) is 0 Å². The van der Waals surface area contributed by atoms with Gasteiger partial charge in [0.15, 0.2) is 0 Å². The molecule has 2 amide bonds. The Bertz CT molecular complexity index is 740. The van der Waals surface area contributed by atoms with Gasteiger partial charge in [-0.15, -0.1) is 0 Å². The van der Waals surface area contributed by atoms with Crippen LogP contribution in [0.2, 0.25) is 0 Å². The number of carbonyl (C=O) groups is 2. The van der Waals surface area contributed by atoms with E-state index in [4.69, 9.17) is 9.47 Å². The summed E-state index contributed by atoms with van der Waals surface area (Å²) < 4.78 is 10.4. The van der Waals surface area contributed by atoms with Crippen LogP contribution >= 0.6 is 0 Å². The number of methoxy groups -OCH3 is 1. The zero-order chi connectivity index (χ0) is 20.4. The number of aromatic nitrogens is 1. The number of hydrogen-bond acceptors (Lipinski definition) is 6. The van der Waals surface area contributed by atoms with Gasteiger partial charge in [-0.3, -0.25) is 14.5 Å². The molecule has 29 heavy (non-hydrogen) atoms. The highest BCUT2D eigenvalue weighted by Crippen LogP contribution is 2.43. The Labute approximate surface area is 171 Å². The molecule has 8 heteroatoms. The average molecular weight is 402 g/mol. The minimum Gasteiger partial charge on any atom is -0.481 e. The van der Waals surface area contributed by atoms with Crippen LogP contribution in [0, 0.1) is 5.41 Å². The Morgan fingerprint density at radius 2 is 1.86 bits per heavy atom. The highest BCUT2D eigenvalue weighted by molar-refractivity contribution is 5.94.